The molecule has 1 unspecified atom stereocenters. The zero-order chi connectivity index (χ0) is 27.9. The molecule has 2 atom stereocenters. The molecule has 4 aromatic rings. The van der Waals surface area contributed by atoms with Crippen molar-refractivity contribution in [2.75, 3.05) is 0 Å². The average molecular weight is 534 g/mol. The van der Waals surface area contributed by atoms with Crippen molar-refractivity contribution in [3.8, 4) is 11.5 Å². The van der Waals surface area contributed by atoms with E-state index in [1.54, 1.807) is 25.1 Å². The van der Waals surface area contributed by atoms with Crippen molar-refractivity contribution >= 4 is 5.97 Å². The molecule has 4 rings (SSSR count). The van der Waals surface area contributed by atoms with Crippen LogP contribution in [0.15, 0.2) is 109 Å². The number of hydrogen-bond donors (Lipinski definition) is 1. The molecule has 0 aliphatic rings. The second kappa shape index (κ2) is 12.2. The van der Waals surface area contributed by atoms with Gasteiger partial charge in [0.1, 0.15) is 11.5 Å². The summed E-state index contributed by atoms with van der Waals surface area (Å²) in [5, 5.41) is 0. The molecule has 7 heteroatoms. The van der Waals surface area contributed by atoms with Crippen LogP contribution in [0.4, 0.5) is 13.2 Å². The first-order valence-electron chi connectivity index (χ1n) is 12.6. The highest BCUT2D eigenvalue weighted by Gasteiger charge is 2.31. The summed E-state index contributed by atoms with van der Waals surface area (Å²) in [7, 11) is 0. The largest absolute Gasteiger partial charge is 0.457 e. The van der Waals surface area contributed by atoms with Gasteiger partial charge in [-0.25, -0.2) is 0 Å². The van der Waals surface area contributed by atoms with Crippen LogP contribution in [0.5, 0.6) is 11.5 Å². The van der Waals surface area contributed by atoms with Gasteiger partial charge in [-0.2, -0.15) is 13.2 Å². The van der Waals surface area contributed by atoms with E-state index in [0.29, 0.717) is 18.6 Å². The van der Waals surface area contributed by atoms with E-state index in [1.165, 1.54) is 12.1 Å². The molecule has 4 aromatic carbocycles. The summed E-state index contributed by atoms with van der Waals surface area (Å²) in [4.78, 5) is 18.6. The Morgan fingerprint density at radius 2 is 1.33 bits per heavy atom. The molecule has 0 aliphatic heterocycles. The fraction of sp³-hybridized carbons (Fsp3) is 0.219. The van der Waals surface area contributed by atoms with E-state index >= 15 is 0 Å². The summed E-state index contributed by atoms with van der Waals surface area (Å²) < 4.78 is 44.7. The van der Waals surface area contributed by atoms with Gasteiger partial charge in [-0.3, -0.25) is 4.79 Å². The smallest absolute Gasteiger partial charge is 0.416 e. The van der Waals surface area contributed by atoms with Crippen molar-refractivity contribution in [2.45, 2.75) is 38.4 Å². The molecule has 0 spiro atoms. The van der Waals surface area contributed by atoms with Crippen molar-refractivity contribution in [3.63, 3.8) is 0 Å². The van der Waals surface area contributed by atoms with Crippen molar-refractivity contribution in [3.05, 3.63) is 131 Å². The normalized spacial score (nSPS) is 13.8. The van der Waals surface area contributed by atoms with Gasteiger partial charge in [-0.15, -0.1) is 5.48 Å². The quantitative estimate of drug-likeness (QED) is 0.211. The van der Waals surface area contributed by atoms with Crippen LogP contribution < -0.4 is 10.2 Å². The number of hydroxylamine groups is 1. The molecule has 0 saturated carbocycles. The molecule has 0 fully saturated rings. The first-order chi connectivity index (χ1) is 18.6. The predicted molar refractivity (Wildman–Crippen MR) is 144 cm³/mol. The summed E-state index contributed by atoms with van der Waals surface area (Å²) >= 11 is 0. The van der Waals surface area contributed by atoms with E-state index < -0.39 is 29.2 Å². The standard InChI is InChI=1S/C32H30F3NO3/c1-23(19-25-13-9-17-28(20-25)38-29-18-10-16-27(21-29)32(33,34)35)30(37)39-36-31(2,26-14-7-4-8-15-26)22-24-11-5-3-6-12-24/h3-18,20-21,23,36H,19,22H2,1-2H3/t23?,31-/m0/s1. The monoisotopic (exact) mass is 533 g/mol. The van der Waals surface area contributed by atoms with Crippen LogP contribution in [0.25, 0.3) is 0 Å². The van der Waals surface area contributed by atoms with Gasteiger partial charge in [0.05, 0.1) is 17.0 Å². The van der Waals surface area contributed by atoms with E-state index in [4.69, 9.17) is 9.57 Å². The fourth-order valence-electron chi connectivity index (χ4n) is 4.32. The molecule has 39 heavy (non-hydrogen) atoms. The van der Waals surface area contributed by atoms with Gasteiger partial charge >= 0.3 is 12.1 Å². The van der Waals surface area contributed by atoms with Gasteiger partial charge in [-0.05, 0) is 66.8 Å². The Morgan fingerprint density at radius 3 is 2.00 bits per heavy atom. The lowest BCUT2D eigenvalue weighted by Gasteiger charge is -2.31. The van der Waals surface area contributed by atoms with Crippen molar-refractivity contribution in [1.29, 1.82) is 0 Å². The molecule has 4 nitrogen and oxygen atoms in total. The minimum Gasteiger partial charge on any atom is -0.457 e. The maximum Gasteiger partial charge on any atom is 0.416 e. The Hall–Kier alpha value is -4.10. The minimum absolute atomic E-state index is 0.0808. The highest BCUT2D eigenvalue weighted by Crippen LogP contribution is 2.33. The van der Waals surface area contributed by atoms with Gasteiger partial charge in [-0.1, -0.05) is 85.8 Å². The zero-order valence-corrected chi connectivity index (χ0v) is 21.7. The molecule has 0 saturated heterocycles. The summed E-state index contributed by atoms with van der Waals surface area (Å²) in [6.45, 7) is 3.75. The number of benzene rings is 4. The molecule has 1 N–H and O–H groups in total. The van der Waals surface area contributed by atoms with E-state index in [0.717, 1.165) is 28.8 Å². The van der Waals surface area contributed by atoms with E-state index in [9.17, 15) is 18.0 Å². The fourth-order valence-corrected chi connectivity index (χ4v) is 4.32. The molecule has 0 bridgehead atoms. The Balaban J connectivity index is 1.40. The number of nitrogens with one attached hydrogen (secondary N) is 1. The van der Waals surface area contributed by atoms with Crippen LogP contribution in [0.3, 0.4) is 0 Å². The number of halogens is 3. The molecule has 0 radical (unpaired) electrons. The first-order valence-corrected chi connectivity index (χ1v) is 12.6. The molecule has 202 valence electrons. The van der Waals surface area contributed by atoms with Crippen LogP contribution in [0, 0.1) is 5.92 Å². The molecule has 0 heterocycles. The summed E-state index contributed by atoms with van der Waals surface area (Å²) in [6, 6.07) is 31.4. The SMILES string of the molecule is CC(Cc1cccc(Oc2cccc(C(F)(F)F)c2)c1)C(=O)ON[C@@](C)(Cc1ccccc1)c1ccccc1. The summed E-state index contributed by atoms with van der Waals surface area (Å²) in [5.41, 5.74) is 4.45. The van der Waals surface area contributed by atoms with Gasteiger partial charge in [0, 0.05) is 0 Å². The van der Waals surface area contributed by atoms with E-state index in [-0.39, 0.29) is 5.75 Å². The maximum atomic E-state index is 13.0. The molecular weight excluding hydrogens is 503 g/mol. The highest BCUT2D eigenvalue weighted by atomic mass is 19.4. The lowest BCUT2D eigenvalue weighted by Crippen LogP contribution is -2.43. The predicted octanol–water partition coefficient (Wildman–Crippen LogP) is 7.88. The van der Waals surface area contributed by atoms with Crippen molar-refractivity contribution in [1.82, 2.24) is 5.48 Å². The third-order valence-corrected chi connectivity index (χ3v) is 6.43. The number of ether oxygens (including phenoxy) is 1. The van der Waals surface area contributed by atoms with E-state index in [2.05, 4.69) is 5.48 Å². The molecule has 0 aliphatic carbocycles. The zero-order valence-electron chi connectivity index (χ0n) is 21.7. The lowest BCUT2D eigenvalue weighted by atomic mass is 9.86. The second-order valence-electron chi connectivity index (χ2n) is 9.76. The summed E-state index contributed by atoms with van der Waals surface area (Å²) in [5.74, 6) is -0.449. The number of hydrogen-bond acceptors (Lipinski definition) is 4. The van der Waals surface area contributed by atoms with E-state index in [1.807, 2.05) is 73.7 Å². The number of carbonyl (C=O) groups is 1. The number of carbonyl (C=O) groups excluding carboxylic acids is 1. The van der Waals surface area contributed by atoms with Gasteiger partial charge in [0.25, 0.3) is 0 Å². The number of alkyl halides is 3. The van der Waals surface area contributed by atoms with Gasteiger partial charge < -0.3 is 9.57 Å². The topological polar surface area (TPSA) is 47.6 Å². The Kier molecular flexibility index (Phi) is 8.72. The summed E-state index contributed by atoms with van der Waals surface area (Å²) in [6.07, 6.45) is -3.49. The third-order valence-electron chi connectivity index (χ3n) is 6.43. The Bertz CT molecular complexity index is 1380. The molecule has 0 aromatic heterocycles. The van der Waals surface area contributed by atoms with Gasteiger partial charge in [0.2, 0.25) is 0 Å². The van der Waals surface area contributed by atoms with Crippen LogP contribution in [0.2, 0.25) is 0 Å². The maximum absolute atomic E-state index is 13.0. The van der Waals surface area contributed by atoms with Gasteiger partial charge in [0.15, 0.2) is 0 Å². The third kappa shape index (κ3) is 7.71. The highest BCUT2D eigenvalue weighted by molar-refractivity contribution is 5.72. The van der Waals surface area contributed by atoms with Crippen LogP contribution in [0.1, 0.15) is 36.1 Å². The molecular formula is C32H30F3NO3. The van der Waals surface area contributed by atoms with Crippen molar-refractivity contribution < 1.29 is 27.5 Å². The average Bonchev–Trinajstić information content (AvgIpc) is 2.93. The number of rotatable bonds is 10. The first kappa shape index (κ1) is 27.9. The molecule has 0 amide bonds. The minimum atomic E-state index is -4.46. The van der Waals surface area contributed by atoms with Crippen LogP contribution in [-0.4, -0.2) is 5.97 Å². The van der Waals surface area contributed by atoms with Crippen molar-refractivity contribution in [2.24, 2.45) is 5.92 Å². The second-order valence-corrected chi connectivity index (χ2v) is 9.76. The van der Waals surface area contributed by atoms with Crippen LogP contribution in [-0.2, 0) is 34.2 Å². The van der Waals surface area contributed by atoms with Crippen LogP contribution >= 0.6 is 0 Å². The lowest BCUT2D eigenvalue weighted by molar-refractivity contribution is -0.161. The Labute approximate surface area is 226 Å². The Morgan fingerprint density at radius 1 is 0.769 bits per heavy atom.